The molecule has 92 valence electrons. The van der Waals surface area contributed by atoms with Gasteiger partial charge in [-0.05, 0) is 37.3 Å². The SMILES string of the molecule is NC1CCCN(c2ccnc3c2CCC3O)C1. The number of aliphatic hydroxyl groups excluding tert-OH is 1. The van der Waals surface area contributed by atoms with Gasteiger partial charge in [0.2, 0.25) is 0 Å². The number of aliphatic hydroxyl groups is 1. The number of aromatic nitrogens is 1. The lowest BCUT2D eigenvalue weighted by molar-refractivity contribution is 0.176. The highest BCUT2D eigenvalue weighted by molar-refractivity contribution is 5.57. The molecule has 17 heavy (non-hydrogen) atoms. The van der Waals surface area contributed by atoms with Crippen LogP contribution in [0.15, 0.2) is 12.3 Å². The Morgan fingerprint density at radius 1 is 1.41 bits per heavy atom. The van der Waals surface area contributed by atoms with E-state index in [9.17, 15) is 5.11 Å². The molecule has 0 amide bonds. The molecule has 2 atom stereocenters. The summed E-state index contributed by atoms with van der Waals surface area (Å²) < 4.78 is 0. The Balaban J connectivity index is 1.93. The van der Waals surface area contributed by atoms with Gasteiger partial charge in [-0.15, -0.1) is 0 Å². The van der Waals surface area contributed by atoms with Crippen molar-refractivity contribution in [3.63, 3.8) is 0 Å². The van der Waals surface area contributed by atoms with Crippen LogP contribution in [0.1, 0.15) is 36.6 Å². The summed E-state index contributed by atoms with van der Waals surface area (Å²) in [5.74, 6) is 0. The third kappa shape index (κ3) is 1.91. The maximum absolute atomic E-state index is 9.85. The van der Waals surface area contributed by atoms with E-state index in [1.54, 1.807) is 0 Å². The predicted octanol–water partition coefficient (Wildman–Crippen LogP) is 0.989. The summed E-state index contributed by atoms with van der Waals surface area (Å²) in [6.07, 6.45) is 5.45. The van der Waals surface area contributed by atoms with Crippen LogP contribution in [0.5, 0.6) is 0 Å². The zero-order valence-corrected chi connectivity index (χ0v) is 9.97. The Hall–Kier alpha value is -1.13. The molecule has 2 heterocycles. The standard InChI is InChI=1S/C13H19N3O/c14-9-2-1-7-16(8-9)11-5-6-15-13-10(11)3-4-12(13)17/h5-6,9,12,17H,1-4,7-8,14H2. The van der Waals surface area contributed by atoms with E-state index in [0.29, 0.717) is 0 Å². The zero-order valence-electron chi connectivity index (χ0n) is 9.97. The molecule has 0 saturated carbocycles. The van der Waals surface area contributed by atoms with Crippen molar-refractivity contribution >= 4 is 5.69 Å². The highest BCUT2D eigenvalue weighted by Crippen LogP contribution is 2.36. The molecule has 2 aliphatic rings. The minimum absolute atomic E-state index is 0.277. The quantitative estimate of drug-likeness (QED) is 0.759. The average Bonchev–Trinajstić information content (AvgIpc) is 2.71. The Morgan fingerprint density at radius 3 is 3.12 bits per heavy atom. The van der Waals surface area contributed by atoms with E-state index in [2.05, 4.69) is 16.0 Å². The van der Waals surface area contributed by atoms with Crippen LogP contribution in [0.25, 0.3) is 0 Å². The fourth-order valence-electron chi connectivity index (χ4n) is 2.98. The molecule has 0 spiro atoms. The molecule has 1 aliphatic carbocycles. The van der Waals surface area contributed by atoms with E-state index in [1.165, 1.54) is 11.3 Å². The molecule has 1 aromatic rings. The summed E-state index contributed by atoms with van der Waals surface area (Å²) in [5.41, 5.74) is 9.37. The first-order valence-corrected chi connectivity index (χ1v) is 6.42. The largest absolute Gasteiger partial charge is 0.387 e. The lowest BCUT2D eigenvalue weighted by Gasteiger charge is -2.33. The van der Waals surface area contributed by atoms with Gasteiger partial charge >= 0.3 is 0 Å². The van der Waals surface area contributed by atoms with Gasteiger partial charge in [0, 0.05) is 31.0 Å². The van der Waals surface area contributed by atoms with Gasteiger partial charge in [0.15, 0.2) is 0 Å². The number of nitrogens with two attached hydrogens (primary N) is 1. The van der Waals surface area contributed by atoms with Crippen molar-refractivity contribution in [2.75, 3.05) is 18.0 Å². The van der Waals surface area contributed by atoms with Crippen molar-refractivity contribution in [1.82, 2.24) is 4.98 Å². The van der Waals surface area contributed by atoms with Crippen molar-refractivity contribution in [2.45, 2.75) is 37.8 Å². The second-order valence-corrected chi connectivity index (χ2v) is 5.10. The number of hydrogen-bond donors (Lipinski definition) is 2. The number of fused-ring (bicyclic) bond motifs is 1. The molecule has 0 aromatic carbocycles. The van der Waals surface area contributed by atoms with Gasteiger partial charge in [0.25, 0.3) is 0 Å². The monoisotopic (exact) mass is 233 g/mol. The van der Waals surface area contributed by atoms with Crippen LogP contribution in [0.2, 0.25) is 0 Å². The molecule has 1 aromatic heterocycles. The van der Waals surface area contributed by atoms with Crippen molar-refractivity contribution in [3.8, 4) is 0 Å². The van der Waals surface area contributed by atoms with Crippen LogP contribution in [0, 0.1) is 0 Å². The van der Waals surface area contributed by atoms with E-state index < -0.39 is 0 Å². The first-order valence-electron chi connectivity index (χ1n) is 6.42. The van der Waals surface area contributed by atoms with Gasteiger partial charge in [0.05, 0.1) is 11.8 Å². The molecule has 4 heteroatoms. The molecular formula is C13H19N3O. The first kappa shape index (κ1) is 11.0. The third-order valence-corrected chi connectivity index (χ3v) is 3.85. The molecule has 4 nitrogen and oxygen atoms in total. The third-order valence-electron chi connectivity index (χ3n) is 3.85. The molecule has 3 rings (SSSR count). The minimum atomic E-state index is -0.372. The van der Waals surface area contributed by atoms with E-state index >= 15 is 0 Å². The van der Waals surface area contributed by atoms with Crippen molar-refractivity contribution in [3.05, 3.63) is 23.5 Å². The lowest BCUT2D eigenvalue weighted by Crippen LogP contribution is -2.43. The maximum atomic E-state index is 9.85. The molecule has 1 aliphatic heterocycles. The summed E-state index contributed by atoms with van der Waals surface area (Å²) in [6, 6.07) is 2.34. The normalized spacial score (nSPS) is 28.2. The molecule has 0 bridgehead atoms. The minimum Gasteiger partial charge on any atom is -0.387 e. The summed E-state index contributed by atoms with van der Waals surface area (Å²) in [5, 5.41) is 9.85. The zero-order chi connectivity index (χ0) is 11.8. The van der Waals surface area contributed by atoms with Crippen molar-refractivity contribution < 1.29 is 5.11 Å². The molecule has 0 radical (unpaired) electrons. The van der Waals surface area contributed by atoms with E-state index in [-0.39, 0.29) is 12.1 Å². The topological polar surface area (TPSA) is 62.4 Å². The van der Waals surface area contributed by atoms with Gasteiger partial charge in [-0.3, -0.25) is 4.98 Å². The molecule has 1 fully saturated rings. The Bertz CT molecular complexity index is 421. The van der Waals surface area contributed by atoms with Crippen LogP contribution in [-0.2, 0) is 6.42 Å². The van der Waals surface area contributed by atoms with Gasteiger partial charge in [0.1, 0.15) is 0 Å². The van der Waals surface area contributed by atoms with Crippen molar-refractivity contribution in [1.29, 1.82) is 0 Å². The summed E-state index contributed by atoms with van der Waals surface area (Å²) in [7, 11) is 0. The average molecular weight is 233 g/mol. The van der Waals surface area contributed by atoms with Gasteiger partial charge in [-0.1, -0.05) is 0 Å². The molecule has 1 saturated heterocycles. The highest BCUT2D eigenvalue weighted by atomic mass is 16.3. The second kappa shape index (κ2) is 4.27. The molecule has 3 N–H and O–H groups in total. The van der Waals surface area contributed by atoms with E-state index in [0.717, 1.165) is 44.5 Å². The maximum Gasteiger partial charge on any atom is 0.0966 e. The fraction of sp³-hybridized carbons (Fsp3) is 0.615. The molecule has 2 unspecified atom stereocenters. The fourth-order valence-corrected chi connectivity index (χ4v) is 2.98. The van der Waals surface area contributed by atoms with Crippen LogP contribution in [0.4, 0.5) is 5.69 Å². The molecular weight excluding hydrogens is 214 g/mol. The Morgan fingerprint density at radius 2 is 2.29 bits per heavy atom. The number of pyridine rings is 1. The smallest absolute Gasteiger partial charge is 0.0966 e. The number of piperidine rings is 1. The summed E-state index contributed by atoms with van der Waals surface area (Å²) in [4.78, 5) is 6.66. The number of rotatable bonds is 1. The Kier molecular flexibility index (Phi) is 2.76. The lowest BCUT2D eigenvalue weighted by atomic mass is 10.0. The van der Waals surface area contributed by atoms with Crippen molar-refractivity contribution in [2.24, 2.45) is 5.73 Å². The van der Waals surface area contributed by atoms with Gasteiger partial charge in [-0.25, -0.2) is 0 Å². The Labute approximate surface area is 101 Å². The summed E-state index contributed by atoms with van der Waals surface area (Å²) >= 11 is 0. The number of nitrogens with zero attached hydrogens (tertiary/aromatic N) is 2. The van der Waals surface area contributed by atoms with Crippen LogP contribution < -0.4 is 10.6 Å². The highest BCUT2D eigenvalue weighted by Gasteiger charge is 2.27. The van der Waals surface area contributed by atoms with E-state index in [4.69, 9.17) is 5.73 Å². The van der Waals surface area contributed by atoms with Gasteiger partial charge in [-0.2, -0.15) is 0 Å². The van der Waals surface area contributed by atoms with Crippen LogP contribution in [0.3, 0.4) is 0 Å². The van der Waals surface area contributed by atoms with Crippen LogP contribution >= 0.6 is 0 Å². The van der Waals surface area contributed by atoms with Gasteiger partial charge < -0.3 is 15.7 Å². The van der Waals surface area contributed by atoms with Crippen LogP contribution in [-0.4, -0.2) is 29.2 Å². The number of hydrogen-bond acceptors (Lipinski definition) is 4. The first-order chi connectivity index (χ1) is 8.25. The van der Waals surface area contributed by atoms with E-state index in [1.807, 2.05) is 6.20 Å². The predicted molar refractivity (Wildman–Crippen MR) is 66.9 cm³/mol. The number of anilines is 1. The summed E-state index contributed by atoms with van der Waals surface area (Å²) in [6.45, 7) is 1.99. The second-order valence-electron chi connectivity index (χ2n) is 5.10.